The molecule has 1 heterocycles. The van der Waals surface area contributed by atoms with Gasteiger partial charge in [-0.25, -0.2) is 4.39 Å². The molecule has 1 aromatic heterocycles. The summed E-state index contributed by atoms with van der Waals surface area (Å²) in [6.07, 6.45) is 0. The second kappa shape index (κ2) is 6.50. The van der Waals surface area contributed by atoms with Crippen LogP contribution in [0, 0.1) is 5.82 Å². The molecule has 0 radical (unpaired) electrons. The van der Waals surface area contributed by atoms with E-state index in [0.29, 0.717) is 18.8 Å². The molecule has 2 nitrogen and oxygen atoms in total. The zero-order chi connectivity index (χ0) is 13.8. The Morgan fingerprint density at radius 1 is 1.32 bits per heavy atom. The summed E-state index contributed by atoms with van der Waals surface area (Å²) in [5.41, 5.74) is 2.76. The lowest BCUT2D eigenvalue weighted by atomic mass is 10.1. The van der Waals surface area contributed by atoms with Crippen molar-refractivity contribution in [3.8, 4) is 0 Å². The maximum atomic E-state index is 14.1. The molecule has 19 heavy (non-hydrogen) atoms. The molecule has 0 atom stereocenters. The molecule has 5 heteroatoms. The molecule has 1 aromatic carbocycles. The van der Waals surface area contributed by atoms with Crippen molar-refractivity contribution in [2.24, 2.45) is 0 Å². The third-order valence-electron chi connectivity index (χ3n) is 2.85. The van der Waals surface area contributed by atoms with Gasteiger partial charge >= 0.3 is 0 Å². The molecule has 2 rings (SSSR count). The first kappa shape index (κ1) is 14.5. The number of anilines is 1. The van der Waals surface area contributed by atoms with Gasteiger partial charge in [0.25, 0.3) is 0 Å². The van der Waals surface area contributed by atoms with E-state index >= 15 is 0 Å². The molecule has 0 aliphatic carbocycles. The van der Waals surface area contributed by atoms with Crippen LogP contribution < -0.4 is 10.2 Å². The number of nitrogens with zero attached hydrogens (tertiary/aromatic N) is 1. The largest absolute Gasteiger partial charge is 0.368 e. The Balaban J connectivity index is 2.12. The highest BCUT2D eigenvalue weighted by Gasteiger charge is 2.09. The number of hydrogen-bond donors (Lipinski definition) is 1. The summed E-state index contributed by atoms with van der Waals surface area (Å²) in [4.78, 5) is 1.92. The summed E-state index contributed by atoms with van der Waals surface area (Å²) >= 11 is 5.08. The van der Waals surface area contributed by atoms with Crippen LogP contribution in [-0.2, 0) is 13.1 Å². The van der Waals surface area contributed by atoms with Gasteiger partial charge in [-0.2, -0.15) is 0 Å². The molecule has 2 aromatic rings. The van der Waals surface area contributed by atoms with Crippen LogP contribution >= 0.6 is 27.3 Å². The topological polar surface area (TPSA) is 15.3 Å². The highest BCUT2D eigenvalue weighted by molar-refractivity contribution is 9.11. The first-order chi connectivity index (χ1) is 9.10. The number of nitrogens with one attached hydrogen (secondary N) is 1. The van der Waals surface area contributed by atoms with E-state index in [9.17, 15) is 4.39 Å². The van der Waals surface area contributed by atoms with Gasteiger partial charge in [-0.05, 0) is 57.7 Å². The molecule has 0 bridgehead atoms. The van der Waals surface area contributed by atoms with Gasteiger partial charge in [0.2, 0.25) is 0 Å². The Morgan fingerprint density at radius 2 is 2.11 bits per heavy atom. The van der Waals surface area contributed by atoms with Crippen molar-refractivity contribution in [1.29, 1.82) is 0 Å². The predicted molar refractivity (Wildman–Crippen MR) is 83.3 cm³/mol. The van der Waals surface area contributed by atoms with E-state index in [-0.39, 0.29) is 5.82 Å². The van der Waals surface area contributed by atoms with Crippen molar-refractivity contribution in [3.63, 3.8) is 0 Å². The number of benzene rings is 1. The standard InChI is InChI=1S/C14H16BrFN2S/c1-17-7-10-3-4-13(12(16)5-10)18(2)8-11-6-14(15)19-9-11/h3-6,9,17H,7-8H2,1-2H3. The summed E-state index contributed by atoms with van der Waals surface area (Å²) in [7, 11) is 3.76. The molecule has 0 saturated carbocycles. The van der Waals surface area contributed by atoms with Crippen LogP contribution in [0.1, 0.15) is 11.1 Å². The second-order valence-corrected chi connectivity index (χ2v) is 6.72. The van der Waals surface area contributed by atoms with Gasteiger partial charge in [0.15, 0.2) is 0 Å². The summed E-state index contributed by atoms with van der Waals surface area (Å²) in [5.74, 6) is -0.176. The van der Waals surface area contributed by atoms with Crippen LogP contribution in [-0.4, -0.2) is 14.1 Å². The number of hydrogen-bond acceptors (Lipinski definition) is 3. The molecule has 0 amide bonds. The highest BCUT2D eigenvalue weighted by atomic mass is 79.9. The molecule has 0 saturated heterocycles. The third-order valence-corrected chi connectivity index (χ3v) is 4.40. The second-order valence-electron chi connectivity index (χ2n) is 4.43. The maximum Gasteiger partial charge on any atom is 0.146 e. The van der Waals surface area contributed by atoms with Gasteiger partial charge in [0.05, 0.1) is 9.47 Å². The lowest BCUT2D eigenvalue weighted by Gasteiger charge is -2.19. The quantitative estimate of drug-likeness (QED) is 0.883. The molecular formula is C14H16BrFN2S. The van der Waals surface area contributed by atoms with Crippen LogP contribution in [0.15, 0.2) is 33.4 Å². The van der Waals surface area contributed by atoms with Crippen LogP contribution in [0.25, 0.3) is 0 Å². The predicted octanol–water partition coefficient (Wildman–Crippen LogP) is 4.01. The number of rotatable bonds is 5. The Bertz CT molecular complexity index is 556. The van der Waals surface area contributed by atoms with Gasteiger partial charge in [-0.15, -0.1) is 11.3 Å². The summed E-state index contributed by atoms with van der Waals surface area (Å²) < 4.78 is 15.2. The Hall–Kier alpha value is -0.910. The molecule has 1 N–H and O–H groups in total. The van der Waals surface area contributed by atoms with E-state index in [1.165, 1.54) is 5.56 Å². The fourth-order valence-electron chi connectivity index (χ4n) is 1.96. The first-order valence-corrected chi connectivity index (χ1v) is 7.64. The van der Waals surface area contributed by atoms with Gasteiger partial charge < -0.3 is 10.2 Å². The molecule has 0 aliphatic heterocycles. The van der Waals surface area contributed by atoms with E-state index in [2.05, 4.69) is 32.7 Å². The van der Waals surface area contributed by atoms with E-state index < -0.39 is 0 Å². The van der Waals surface area contributed by atoms with Crippen LogP contribution in [0.5, 0.6) is 0 Å². The highest BCUT2D eigenvalue weighted by Crippen LogP contribution is 2.25. The van der Waals surface area contributed by atoms with Crippen molar-refractivity contribution >= 4 is 33.0 Å². The average Bonchev–Trinajstić information content (AvgIpc) is 2.75. The minimum absolute atomic E-state index is 0.176. The fourth-order valence-corrected chi connectivity index (χ4v) is 3.16. The van der Waals surface area contributed by atoms with Crippen molar-refractivity contribution < 1.29 is 4.39 Å². The van der Waals surface area contributed by atoms with E-state index in [1.807, 2.05) is 31.1 Å². The van der Waals surface area contributed by atoms with Gasteiger partial charge in [-0.1, -0.05) is 6.07 Å². The minimum Gasteiger partial charge on any atom is -0.368 e. The maximum absolute atomic E-state index is 14.1. The van der Waals surface area contributed by atoms with E-state index in [4.69, 9.17) is 0 Å². The first-order valence-electron chi connectivity index (χ1n) is 5.97. The van der Waals surface area contributed by atoms with Gasteiger partial charge in [0, 0.05) is 20.1 Å². The molecular weight excluding hydrogens is 327 g/mol. The van der Waals surface area contributed by atoms with Crippen molar-refractivity contribution in [2.75, 3.05) is 19.0 Å². The van der Waals surface area contributed by atoms with Gasteiger partial charge in [0.1, 0.15) is 5.82 Å². The minimum atomic E-state index is -0.176. The monoisotopic (exact) mass is 342 g/mol. The summed E-state index contributed by atoms with van der Waals surface area (Å²) in [5, 5.41) is 5.10. The lowest BCUT2D eigenvalue weighted by Crippen LogP contribution is -2.17. The van der Waals surface area contributed by atoms with Crippen molar-refractivity contribution in [3.05, 3.63) is 50.4 Å². The van der Waals surface area contributed by atoms with Gasteiger partial charge in [-0.3, -0.25) is 0 Å². The fraction of sp³-hybridized carbons (Fsp3) is 0.286. The SMILES string of the molecule is CNCc1ccc(N(C)Cc2csc(Br)c2)c(F)c1. The van der Waals surface area contributed by atoms with Crippen LogP contribution in [0.2, 0.25) is 0 Å². The Labute approximate surface area is 125 Å². The molecule has 0 aliphatic rings. The molecule has 0 fully saturated rings. The summed E-state index contributed by atoms with van der Waals surface area (Å²) in [6.45, 7) is 1.38. The third kappa shape index (κ3) is 3.78. The zero-order valence-corrected chi connectivity index (χ0v) is 13.3. The molecule has 0 unspecified atom stereocenters. The zero-order valence-electron chi connectivity index (χ0n) is 10.9. The lowest BCUT2D eigenvalue weighted by molar-refractivity contribution is 0.618. The number of halogens is 2. The smallest absolute Gasteiger partial charge is 0.146 e. The van der Waals surface area contributed by atoms with Crippen molar-refractivity contribution in [1.82, 2.24) is 5.32 Å². The summed E-state index contributed by atoms with van der Waals surface area (Å²) in [6, 6.07) is 7.44. The van der Waals surface area contributed by atoms with E-state index in [0.717, 1.165) is 9.35 Å². The Kier molecular flexibility index (Phi) is 4.96. The average molecular weight is 343 g/mol. The molecule has 102 valence electrons. The normalized spacial score (nSPS) is 10.7. The van der Waals surface area contributed by atoms with Crippen LogP contribution in [0.3, 0.4) is 0 Å². The molecule has 0 spiro atoms. The number of thiophene rings is 1. The van der Waals surface area contributed by atoms with E-state index in [1.54, 1.807) is 17.4 Å². The Morgan fingerprint density at radius 3 is 2.68 bits per heavy atom. The van der Waals surface area contributed by atoms with Crippen molar-refractivity contribution in [2.45, 2.75) is 13.1 Å². The van der Waals surface area contributed by atoms with Crippen LogP contribution in [0.4, 0.5) is 10.1 Å².